The molecule has 0 aromatic heterocycles. The molecule has 1 aliphatic carbocycles. The molecule has 1 heterocycles. The van der Waals surface area contributed by atoms with Crippen molar-refractivity contribution < 1.29 is 9.53 Å². The third-order valence-electron chi connectivity index (χ3n) is 6.64. The summed E-state index contributed by atoms with van der Waals surface area (Å²) in [6, 6.07) is 16.8. The number of rotatable bonds is 6. The van der Waals surface area contributed by atoms with Gasteiger partial charge in [0.05, 0.1) is 12.1 Å². The fourth-order valence-electron chi connectivity index (χ4n) is 4.35. The molecule has 4 rings (SSSR count). The summed E-state index contributed by atoms with van der Waals surface area (Å²) in [7, 11) is 5.90. The van der Waals surface area contributed by atoms with E-state index in [9.17, 15) is 4.79 Å². The van der Waals surface area contributed by atoms with Crippen molar-refractivity contribution in [2.75, 3.05) is 26.0 Å². The van der Waals surface area contributed by atoms with Crippen molar-refractivity contribution in [1.29, 1.82) is 0 Å². The van der Waals surface area contributed by atoms with E-state index in [4.69, 9.17) is 4.74 Å². The van der Waals surface area contributed by atoms with Gasteiger partial charge >= 0.3 is 0 Å². The zero-order valence-corrected chi connectivity index (χ0v) is 21.8. The molecule has 1 amide bonds. The van der Waals surface area contributed by atoms with Crippen LogP contribution in [0, 0.1) is 0 Å². The summed E-state index contributed by atoms with van der Waals surface area (Å²) in [6.07, 6.45) is 7.92. The highest BCUT2D eigenvalue weighted by Gasteiger charge is 2.30. The van der Waals surface area contributed by atoms with Gasteiger partial charge in [-0.15, -0.1) is 0 Å². The molecule has 1 N–H and O–H groups in total. The fraction of sp³-hybridized carbons (Fsp3) is 0.367. The summed E-state index contributed by atoms with van der Waals surface area (Å²) in [5.74, 6) is 0.778. The van der Waals surface area contributed by atoms with E-state index in [0.717, 1.165) is 46.8 Å². The molecule has 35 heavy (non-hydrogen) atoms. The van der Waals surface area contributed by atoms with Crippen molar-refractivity contribution in [3.8, 4) is 0 Å². The quantitative estimate of drug-likeness (QED) is 0.551. The highest BCUT2D eigenvalue weighted by Crippen LogP contribution is 2.36. The Labute approximate surface area is 209 Å². The molecule has 0 saturated heterocycles. The topological polar surface area (TPSA) is 44.8 Å². The number of hydrogen-bond acceptors (Lipinski definition) is 4. The van der Waals surface area contributed by atoms with Crippen LogP contribution in [0.4, 0.5) is 5.69 Å². The Balaban J connectivity index is 1.62. The number of carbonyl (C=O) groups is 1. The van der Waals surface area contributed by atoms with Gasteiger partial charge in [-0.25, -0.2) is 0 Å². The largest absolute Gasteiger partial charge is 0.464 e. The number of amides is 1. The first-order valence-electron chi connectivity index (χ1n) is 12.3. The first-order valence-corrected chi connectivity index (χ1v) is 12.3. The first kappa shape index (κ1) is 24.6. The van der Waals surface area contributed by atoms with Crippen molar-refractivity contribution in [3.05, 3.63) is 94.8 Å². The number of benzene rings is 2. The van der Waals surface area contributed by atoms with E-state index in [-0.39, 0.29) is 24.0 Å². The van der Waals surface area contributed by atoms with Crippen LogP contribution in [0.3, 0.4) is 0 Å². The van der Waals surface area contributed by atoms with E-state index in [1.54, 1.807) is 4.90 Å². The standard InChI is InChI=1S/C30H37N3O2/c1-30(2,3)23-17-15-21(16-18-23)29-31-26(20-27(34)33(6)24-12-8-7-9-13-24)28(35-29)22-11-10-14-25(19-22)32(4)5/h7-8,10-12,14-19,29,31H,9,13,20H2,1-6H3. The van der Waals surface area contributed by atoms with Crippen LogP contribution in [0.25, 0.3) is 5.76 Å². The second kappa shape index (κ2) is 10.0. The Hall–Kier alpha value is -3.47. The number of allylic oxidation sites excluding steroid dienone is 4. The molecule has 1 unspecified atom stereocenters. The van der Waals surface area contributed by atoms with Gasteiger partial charge in [-0.1, -0.05) is 69.3 Å². The van der Waals surface area contributed by atoms with Crippen LogP contribution in [-0.2, 0) is 14.9 Å². The number of hydrogen-bond donors (Lipinski definition) is 1. The molecule has 184 valence electrons. The van der Waals surface area contributed by atoms with Crippen molar-refractivity contribution >= 4 is 17.4 Å². The fourth-order valence-corrected chi connectivity index (χ4v) is 4.35. The predicted octanol–water partition coefficient (Wildman–Crippen LogP) is 6.12. The van der Waals surface area contributed by atoms with Gasteiger partial charge in [0.15, 0.2) is 6.23 Å². The zero-order valence-electron chi connectivity index (χ0n) is 21.8. The lowest BCUT2D eigenvalue weighted by atomic mass is 9.86. The Morgan fingerprint density at radius 2 is 1.83 bits per heavy atom. The summed E-state index contributed by atoms with van der Waals surface area (Å²) >= 11 is 0. The molecule has 2 aromatic rings. The number of nitrogens with zero attached hydrogens (tertiary/aromatic N) is 2. The van der Waals surface area contributed by atoms with Crippen LogP contribution >= 0.6 is 0 Å². The summed E-state index contributed by atoms with van der Waals surface area (Å²) < 4.78 is 6.49. The molecule has 0 radical (unpaired) electrons. The van der Waals surface area contributed by atoms with Gasteiger partial charge in [-0.05, 0) is 42.0 Å². The van der Waals surface area contributed by atoms with Crippen LogP contribution in [-0.4, -0.2) is 32.0 Å². The van der Waals surface area contributed by atoms with E-state index in [1.807, 2.05) is 45.4 Å². The molecule has 1 aliphatic heterocycles. The average molecular weight is 472 g/mol. The molecule has 5 heteroatoms. The van der Waals surface area contributed by atoms with Crippen LogP contribution < -0.4 is 10.2 Å². The second-order valence-corrected chi connectivity index (χ2v) is 10.5. The van der Waals surface area contributed by atoms with Gasteiger partial charge in [0.25, 0.3) is 0 Å². The Morgan fingerprint density at radius 3 is 2.46 bits per heavy atom. The van der Waals surface area contributed by atoms with Crippen molar-refractivity contribution in [1.82, 2.24) is 10.2 Å². The average Bonchev–Trinajstić information content (AvgIpc) is 3.27. The van der Waals surface area contributed by atoms with Crippen molar-refractivity contribution in [2.45, 2.75) is 51.7 Å². The summed E-state index contributed by atoms with van der Waals surface area (Å²) in [6.45, 7) is 6.63. The van der Waals surface area contributed by atoms with Gasteiger partial charge in [0.1, 0.15) is 5.76 Å². The van der Waals surface area contributed by atoms with Gasteiger partial charge in [0.2, 0.25) is 5.91 Å². The maximum Gasteiger partial charge on any atom is 0.232 e. The van der Waals surface area contributed by atoms with E-state index >= 15 is 0 Å². The SMILES string of the molecule is CN(C(=O)CC1=C(c2cccc(N(C)C)c2)OC(c2ccc(C(C)(C)C)cc2)N1)C1=CC=CCC1. The minimum Gasteiger partial charge on any atom is -0.464 e. The molecule has 5 nitrogen and oxygen atoms in total. The number of carbonyl (C=O) groups excluding carboxylic acids is 1. The maximum absolute atomic E-state index is 13.3. The van der Waals surface area contributed by atoms with E-state index < -0.39 is 0 Å². The smallest absolute Gasteiger partial charge is 0.232 e. The van der Waals surface area contributed by atoms with Gasteiger partial charge < -0.3 is 19.9 Å². The lowest BCUT2D eigenvalue weighted by Gasteiger charge is -2.22. The highest BCUT2D eigenvalue weighted by molar-refractivity contribution is 5.83. The van der Waals surface area contributed by atoms with E-state index in [0.29, 0.717) is 0 Å². The number of ether oxygens (including phenoxy) is 1. The molecule has 0 fully saturated rings. The second-order valence-electron chi connectivity index (χ2n) is 10.5. The monoisotopic (exact) mass is 471 g/mol. The van der Waals surface area contributed by atoms with Crippen molar-refractivity contribution in [2.24, 2.45) is 0 Å². The van der Waals surface area contributed by atoms with E-state index in [1.165, 1.54) is 5.56 Å². The summed E-state index contributed by atoms with van der Waals surface area (Å²) in [5.41, 5.74) is 6.30. The Bertz CT molecular complexity index is 1170. The summed E-state index contributed by atoms with van der Waals surface area (Å²) in [4.78, 5) is 17.1. The van der Waals surface area contributed by atoms with Gasteiger partial charge in [-0.2, -0.15) is 0 Å². The molecule has 1 atom stereocenters. The summed E-state index contributed by atoms with van der Waals surface area (Å²) in [5, 5.41) is 3.51. The number of anilines is 1. The predicted molar refractivity (Wildman–Crippen MR) is 144 cm³/mol. The van der Waals surface area contributed by atoms with Gasteiger partial charge in [0, 0.05) is 43.7 Å². The first-order chi connectivity index (χ1) is 16.6. The maximum atomic E-state index is 13.3. The van der Waals surface area contributed by atoms with Gasteiger partial charge in [-0.3, -0.25) is 4.79 Å². The minimum absolute atomic E-state index is 0.0441. The highest BCUT2D eigenvalue weighted by atomic mass is 16.5. The van der Waals surface area contributed by atoms with Crippen LogP contribution in [0.2, 0.25) is 0 Å². The molecule has 2 aliphatic rings. The van der Waals surface area contributed by atoms with Crippen LogP contribution in [0.1, 0.15) is 63.0 Å². The molecule has 0 saturated carbocycles. The molecule has 0 bridgehead atoms. The molecule has 2 aromatic carbocycles. The third kappa shape index (κ3) is 5.61. The minimum atomic E-state index is -0.341. The molecular weight excluding hydrogens is 434 g/mol. The van der Waals surface area contributed by atoms with Crippen LogP contribution in [0.15, 0.2) is 78.2 Å². The number of nitrogens with one attached hydrogen (secondary N) is 1. The third-order valence-corrected chi connectivity index (χ3v) is 6.64. The zero-order chi connectivity index (χ0) is 25.2. The molecular formula is C30H37N3O2. The lowest BCUT2D eigenvalue weighted by molar-refractivity contribution is -0.127. The van der Waals surface area contributed by atoms with Crippen molar-refractivity contribution in [3.63, 3.8) is 0 Å². The Morgan fingerprint density at radius 1 is 1.09 bits per heavy atom. The van der Waals surface area contributed by atoms with E-state index in [2.05, 4.69) is 73.5 Å². The Kier molecular flexibility index (Phi) is 7.06. The molecule has 0 spiro atoms. The van der Waals surface area contributed by atoms with Crippen LogP contribution in [0.5, 0.6) is 0 Å². The lowest BCUT2D eigenvalue weighted by Crippen LogP contribution is -2.28. The normalized spacial score (nSPS) is 17.5.